The van der Waals surface area contributed by atoms with Gasteiger partial charge in [0.25, 0.3) is 0 Å². The molecule has 0 atom stereocenters. The van der Waals surface area contributed by atoms with Crippen molar-refractivity contribution in [2.24, 2.45) is 0 Å². The minimum Gasteiger partial charge on any atom is -0.480 e. The number of likely N-dealkylation sites (N-methyl/N-ethyl adjacent to an activating group) is 1. The molecular weight excluding hydrogens is 640 g/mol. The molecule has 1 heterocycles. The molecule has 0 radical (unpaired) electrons. The van der Waals surface area contributed by atoms with Crippen molar-refractivity contribution < 1.29 is 44.1 Å². The minimum absolute atomic E-state index is 0.0433. The summed E-state index contributed by atoms with van der Waals surface area (Å²) in [4.78, 5) is 79.6. The Morgan fingerprint density at radius 1 is 0.531 bits per heavy atom. The second-order valence-electron chi connectivity index (χ2n) is 11.8. The van der Waals surface area contributed by atoms with Crippen molar-refractivity contribution in [1.82, 2.24) is 40.4 Å². The number of rotatable bonds is 21. The fraction of sp³-hybridized carbons (Fsp3) is 0.812. The lowest BCUT2D eigenvalue weighted by atomic mass is 10.2. The molecule has 6 N–H and O–H groups in total. The molecule has 1 fully saturated rings. The van der Waals surface area contributed by atoms with Crippen LogP contribution >= 0.6 is 0 Å². The van der Waals surface area contributed by atoms with E-state index in [4.69, 9.17) is 0 Å². The SMILES string of the molecule is CC.CCCC(=O)NCCN(C)CCNC(=O)CCCCNC(=O)CN1CCN(CC(=O)O)CCN(CC(=O)O)CCN(CC(=O)O)CC1. The molecule has 0 aromatic carbocycles. The van der Waals surface area contributed by atoms with Crippen LogP contribution in [0.2, 0.25) is 0 Å². The van der Waals surface area contributed by atoms with Crippen LogP contribution in [0.4, 0.5) is 0 Å². The predicted octanol–water partition coefficient (Wildman–Crippen LogP) is -1.26. The monoisotopic (exact) mass is 702 g/mol. The number of carboxylic acid groups (broad SMARTS) is 3. The van der Waals surface area contributed by atoms with Crippen molar-refractivity contribution in [1.29, 1.82) is 0 Å². The molecule has 3 amide bonds. The molecule has 0 spiro atoms. The second kappa shape index (κ2) is 28.5. The van der Waals surface area contributed by atoms with Crippen molar-refractivity contribution >= 4 is 35.6 Å². The van der Waals surface area contributed by atoms with Gasteiger partial charge in [0.2, 0.25) is 17.7 Å². The minimum atomic E-state index is -1.02. The van der Waals surface area contributed by atoms with Crippen molar-refractivity contribution in [2.75, 3.05) is 118 Å². The number of hydrogen-bond acceptors (Lipinski definition) is 11. The van der Waals surface area contributed by atoms with Crippen LogP contribution in [0, 0.1) is 0 Å². The van der Waals surface area contributed by atoms with Crippen LogP contribution in [0.5, 0.6) is 0 Å². The third-order valence-corrected chi connectivity index (χ3v) is 7.63. The summed E-state index contributed by atoms with van der Waals surface area (Å²) < 4.78 is 0. The fourth-order valence-electron chi connectivity index (χ4n) is 4.97. The first kappa shape index (κ1) is 45.6. The number of nitrogens with one attached hydrogen (secondary N) is 3. The molecule has 49 heavy (non-hydrogen) atoms. The van der Waals surface area contributed by atoms with E-state index in [1.165, 1.54) is 0 Å². The summed E-state index contributed by atoms with van der Waals surface area (Å²) in [6.07, 6.45) is 2.88. The van der Waals surface area contributed by atoms with Crippen LogP contribution in [0.25, 0.3) is 0 Å². The molecule has 1 saturated heterocycles. The van der Waals surface area contributed by atoms with Crippen LogP contribution in [0.1, 0.15) is 52.9 Å². The topological polar surface area (TPSA) is 215 Å². The molecular formula is C32H62N8O9. The Kier molecular flexibility index (Phi) is 26.5. The van der Waals surface area contributed by atoms with Crippen molar-refractivity contribution in [3.63, 3.8) is 0 Å². The summed E-state index contributed by atoms with van der Waals surface area (Å²) in [5.41, 5.74) is 0. The first-order chi connectivity index (χ1) is 23.4. The summed E-state index contributed by atoms with van der Waals surface area (Å²) in [6.45, 7) is 10.7. The van der Waals surface area contributed by atoms with Crippen LogP contribution in [-0.2, 0) is 28.8 Å². The molecule has 0 aliphatic carbocycles. The lowest BCUT2D eigenvalue weighted by molar-refractivity contribution is -0.140. The zero-order chi connectivity index (χ0) is 37.0. The maximum absolute atomic E-state index is 12.8. The number of carboxylic acids is 3. The molecule has 1 aliphatic heterocycles. The van der Waals surface area contributed by atoms with Crippen LogP contribution in [0.3, 0.4) is 0 Å². The number of amides is 3. The van der Waals surface area contributed by atoms with Gasteiger partial charge in [-0.05, 0) is 26.3 Å². The molecule has 1 rings (SSSR count). The average Bonchev–Trinajstić information content (AvgIpc) is 3.02. The molecule has 17 nitrogen and oxygen atoms in total. The van der Waals surface area contributed by atoms with Gasteiger partial charge in [-0.15, -0.1) is 0 Å². The Morgan fingerprint density at radius 3 is 1.24 bits per heavy atom. The predicted molar refractivity (Wildman–Crippen MR) is 185 cm³/mol. The van der Waals surface area contributed by atoms with Gasteiger partial charge in [-0.3, -0.25) is 48.4 Å². The van der Waals surface area contributed by atoms with Gasteiger partial charge >= 0.3 is 17.9 Å². The lowest BCUT2D eigenvalue weighted by Crippen LogP contribution is -2.49. The summed E-state index contributed by atoms with van der Waals surface area (Å²) in [6, 6.07) is 0. The summed E-state index contributed by atoms with van der Waals surface area (Å²) in [7, 11) is 1.93. The number of carbonyl (C=O) groups is 6. The largest absolute Gasteiger partial charge is 0.480 e. The normalized spacial score (nSPS) is 15.6. The zero-order valence-corrected chi connectivity index (χ0v) is 30.1. The van der Waals surface area contributed by atoms with E-state index in [9.17, 15) is 44.1 Å². The van der Waals surface area contributed by atoms with E-state index in [1.54, 1.807) is 14.7 Å². The first-order valence-corrected chi connectivity index (χ1v) is 17.4. The van der Waals surface area contributed by atoms with E-state index < -0.39 is 17.9 Å². The van der Waals surface area contributed by atoms with Gasteiger partial charge in [-0.1, -0.05) is 20.8 Å². The Balaban J connectivity index is 0.0000113. The van der Waals surface area contributed by atoms with Gasteiger partial charge in [0.1, 0.15) is 0 Å². The molecule has 0 aromatic rings. The van der Waals surface area contributed by atoms with E-state index in [1.807, 2.05) is 37.6 Å². The lowest BCUT2D eigenvalue weighted by Gasteiger charge is -2.32. The highest BCUT2D eigenvalue weighted by atomic mass is 16.4. The van der Waals surface area contributed by atoms with E-state index in [-0.39, 0.29) is 43.9 Å². The highest BCUT2D eigenvalue weighted by Gasteiger charge is 2.21. The summed E-state index contributed by atoms with van der Waals surface area (Å²) in [5, 5.41) is 36.6. The highest BCUT2D eigenvalue weighted by Crippen LogP contribution is 2.02. The average molecular weight is 703 g/mol. The van der Waals surface area contributed by atoms with Crippen molar-refractivity contribution in [3.8, 4) is 0 Å². The number of carbonyl (C=O) groups excluding carboxylic acids is 3. The number of unbranched alkanes of at least 4 members (excludes halogenated alkanes) is 1. The highest BCUT2D eigenvalue weighted by molar-refractivity contribution is 5.78. The molecule has 0 aromatic heterocycles. The fourth-order valence-corrected chi connectivity index (χ4v) is 4.97. The molecule has 284 valence electrons. The van der Waals surface area contributed by atoms with Crippen LogP contribution in [0.15, 0.2) is 0 Å². The maximum atomic E-state index is 12.8. The molecule has 1 aliphatic rings. The molecule has 0 unspecified atom stereocenters. The van der Waals surface area contributed by atoms with Crippen molar-refractivity contribution in [2.45, 2.75) is 52.9 Å². The number of nitrogens with zero attached hydrogens (tertiary/aromatic N) is 5. The second-order valence-corrected chi connectivity index (χ2v) is 11.8. The van der Waals surface area contributed by atoms with E-state index in [2.05, 4.69) is 16.0 Å². The van der Waals surface area contributed by atoms with Gasteiger partial charge in [0.05, 0.1) is 26.2 Å². The van der Waals surface area contributed by atoms with E-state index >= 15 is 0 Å². The third-order valence-electron chi connectivity index (χ3n) is 7.63. The van der Waals surface area contributed by atoms with Gasteiger partial charge in [-0.2, -0.15) is 0 Å². The molecule has 17 heteroatoms. The molecule has 0 saturated carbocycles. The number of hydrogen-bond donors (Lipinski definition) is 6. The quantitative estimate of drug-likeness (QED) is 0.0771. The maximum Gasteiger partial charge on any atom is 0.317 e. The Bertz CT molecular complexity index is 956. The Hall–Kier alpha value is -3.38. The smallest absolute Gasteiger partial charge is 0.317 e. The summed E-state index contributed by atoms with van der Waals surface area (Å²) >= 11 is 0. The summed E-state index contributed by atoms with van der Waals surface area (Å²) in [5.74, 6) is -3.29. The standard InChI is InChI=1S/C30H56N8O9.C2H6/c1-3-6-25(39)32-9-11-34(2)12-10-33-26(40)7-4-5-8-31-27(41)21-35-13-15-36(22-28(42)43)17-19-38(24-30(46)47)20-18-37(16-14-35)23-29(44)45;1-2/h3-24H2,1-2H3,(H,31,41)(H,32,39)(H,33,40)(H,42,43)(H,44,45)(H,46,47);1-2H3. The Labute approximate surface area is 291 Å². The van der Waals surface area contributed by atoms with Crippen LogP contribution in [-0.4, -0.2) is 194 Å². The van der Waals surface area contributed by atoms with E-state index in [0.717, 1.165) is 6.42 Å². The zero-order valence-electron chi connectivity index (χ0n) is 30.1. The van der Waals surface area contributed by atoms with Gasteiger partial charge in [0, 0.05) is 97.9 Å². The van der Waals surface area contributed by atoms with Crippen molar-refractivity contribution in [3.05, 3.63) is 0 Å². The number of aliphatic carboxylic acids is 3. The van der Waals surface area contributed by atoms with Crippen LogP contribution < -0.4 is 16.0 Å². The first-order valence-electron chi connectivity index (χ1n) is 17.4. The Morgan fingerprint density at radius 2 is 0.878 bits per heavy atom. The van der Waals surface area contributed by atoms with Gasteiger partial charge in [0.15, 0.2) is 0 Å². The third kappa shape index (κ3) is 26.2. The van der Waals surface area contributed by atoms with E-state index in [0.29, 0.717) is 111 Å². The van der Waals surface area contributed by atoms with Gasteiger partial charge < -0.3 is 36.2 Å². The molecule has 0 bridgehead atoms. The van der Waals surface area contributed by atoms with Gasteiger partial charge in [-0.25, -0.2) is 0 Å².